The van der Waals surface area contributed by atoms with Crippen molar-refractivity contribution < 1.29 is 14.4 Å². The molecule has 0 unspecified atom stereocenters. The van der Waals surface area contributed by atoms with Crippen LogP contribution in [0.25, 0.3) is 0 Å². The summed E-state index contributed by atoms with van der Waals surface area (Å²) in [5, 5.41) is 12.8. The fraction of sp³-hybridized carbons (Fsp3) is 0.667. The van der Waals surface area contributed by atoms with Gasteiger partial charge < -0.3 is 19.3 Å². The van der Waals surface area contributed by atoms with Crippen molar-refractivity contribution in [2.45, 2.75) is 45.4 Å². The van der Waals surface area contributed by atoms with Crippen LogP contribution in [0.3, 0.4) is 0 Å². The van der Waals surface area contributed by atoms with Gasteiger partial charge in [0.15, 0.2) is 6.04 Å². The van der Waals surface area contributed by atoms with Crippen molar-refractivity contribution in [3.8, 4) is 5.75 Å². The monoisotopic (exact) mass is 401 g/mol. The predicted octanol–water partition coefficient (Wildman–Crippen LogP) is 0.963. The number of tetrazole rings is 1. The van der Waals surface area contributed by atoms with E-state index in [1.54, 1.807) is 12.0 Å². The van der Waals surface area contributed by atoms with Gasteiger partial charge in [-0.05, 0) is 47.5 Å². The molecule has 0 radical (unpaired) electrons. The lowest BCUT2D eigenvalue weighted by Crippen LogP contribution is -3.15. The maximum atomic E-state index is 5.81. The molecule has 2 aliphatic rings. The Morgan fingerprint density at radius 3 is 2.59 bits per heavy atom. The van der Waals surface area contributed by atoms with E-state index >= 15 is 0 Å². The third-order valence-corrected chi connectivity index (χ3v) is 6.19. The number of nitrogens with zero attached hydrogens (tertiary/aromatic N) is 5. The highest BCUT2D eigenvalue weighted by Gasteiger charge is 2.35. The molecule has 0 bridgehead atoms. The van der Waals surface area contributed by atoms with Crippen LogP contribution in [0.5, 0.6) is 5.75 Å². The third-order valence-electron chi connectivity index (χ3n) is 6.19. The summed E-state index contributed by atoms with van der Waals surface area (Å²) in [7, 11) is 1.70. The lowest BCUT2D eigenvalue weighted by Gasteiger charge is -2.38. The summed E-state index contributed by atoms with van der Waals surface area (Å²) in [6.45, 7) is 10.4. The average molecular weight is 402 g/mol. The van der Waals surface area contributed by atoms with Gasteiger partial charge in [0.1, 0.15) is 5.75 Å². The number of benzene rings is 1. The fourth-order valence-corrected chi connectivity index (χ4v) is 4.65. The highest BCUT2D eigenvalue weighted by atomic mass is 16.5. The molecule has 158 valence electrons. The van der Waals surface area contributed by atoms with E-state index in [0.29, 0.717) is 12.0 Å². The molecule has 0 saturated carbocycles. The number of aromatic nitrogens is 4. The molecule has 1 aromatic carbocycles. The zero-order valence-corrected chi connectivity index (χ0v) is 17.8. The Hall–Kier alpha value is -2.19. The van der Waals surface area contributed by atoms with E-state index in [0.717, 1.165) is 63.7 Å². The Balaban J connectivity index is 1.43. The van der Waals surface area contributed by atoms with Crippen LogP contribution in [-0.4, -0.2) is 66.2 Å². The average Bonchev–Trinajstić information content (AvgIpc) is 3.42. The first-order valence-corrected chi connectivity index (χ1v) is 10.8. The Morgan fingerprint density at radius 1 is 1.21 bits per heavy atom. The van der Waals surface area contributed by atoms with E-state index in [1.165, 1.54) is 5.69 Å². The molecule has 4 rings (SSSR count). The molecule has 1 aromatic heterocycles. The van der Waals surface area contributed by atoms with E-state index in [-0.39, 0.29) is 6.10 Å². The topological polar surface area (TPSA) is 69.7 Å². The Labute approximate surface area is 172 Å². The first-order valence-electron chi connectivity index (χ1n) is 10.8. The summed E-state index contributed by atoms with van der Waals surface area (Å²) >= 11 is 0. The molecule has 0 spiro atoms. The van der Waals surface area contributed by atoms with Gasteiger partial charge in [0.25, 0.3) is 0 Å². The number of quaternary nitrogens is 1. The van der Waals surface area contributed by atoms with Crippen molar-refractivity contribution in [2.75, 3.05) is 44.8 Å². The number of hydrogen-bond acceptors (Lipinski definition) is 6. The summed E-state index contributed by atoms with van der Waals surface area (Å²) in [4.78, 5) is 4.02. The van der Waals surface area contributed by atoms with E-state index in [2.05, 4.69) is 46.4 Å². The summed E-state index contributed by atoms with van der Waals surface area (Å²) in [6, 6.07) is 8.65. The van der Waals surface area contributed by atoms with Crippen LogP contribution < -0.4 is 14.5 Å². The molecule has 2 atom stereocenters. The number of methoxy groups -OCH3 is 1. The first-order chi connectivity index (χ1) is 14.2. The lowest BCUT2D eigenvalue weighted by atomic mass is 10.0. The molecule has 2 aliphatic heterocycles. The minimum Gasteiger partial charge on any atom is -0.497 e. The van der Waals surface area contributed by atoms with Gasteiger partial charge in [-0.1, -0.05) is 13.8 Å². The summed E-state index contributed by atoms with van der Waals surface area (Å²) in [6.07, 6.45) is 2.47. The van der Waals surface area contributed by atoms with Crippen molar-refractivity contribution in [3.05, 3.63) is 30.1 Å². The molecule has 0 amide bonds. The second-order valence-corrected chi connectivity index (χ2v) is 8.42. The summed E-state index contributed by atoms with van der Waals surface area (Å²) in [5.74, 6) is 2.37. The molecule has 8 nitrogen and oxygen atoms in total. The number of piperazine rings is 1. The molecule has 29 heavy (non-hydrogen) atoms. The number of ether oxygens (including phenoxy) is 2. The minimum atomic E-state index is 0.243. The van der Waals surface area contributed by atoms with E-state index < -0.39 is 0 Å². The van der Waals surface area contributed by atoms with Crippen LogP contribution in [0.2, 0.25) is 0 Å². The normalized spacial score (nSPS) is 21.7. The van der Waals surface area contributed by atoms with Crippen molar-refractivity contribution in [2.24, 2.45) is 5.92 Å². The summed E-state index contributed by atoms with van der Waals surface area (Å²) < 4.78 is 13.1. The largest absolute Gasteiger partial charge is 0.497 e. The van der Waals surface area contributed by atoms with Crippen LogP contribution in [0.15, 0.2) is 24.3 Å². The second-order valence-electron chi connectivity index (χ2n) is 8.42. The van der Waals surface area contributed by atoms with Gasteiger partial charge in [0.2, 0.25) is 5.82 Å². The van der Waals surface area contributed by atoms with Gasteiger partial charge >= 0.3 is 0 Å². The van der Waals surface area contributed by atoms with Crippen LogP contribution in [0.1, 0.15) is 38.6 Å². The quantitative estimate of drug-likeness (QED) is 0.745. The number of nitrogens with one attached hydrogen (secondary N) is 1. The van der Waals surface area contributed by atoms with Gasteiger partial charge in [-0.25, -0.2) is 4.68 Å². The molecule has 2 aromatic rings. The van der Waals surface area contributed by atoms with Crippen molar-refractivity contribution in [3.63, 3.8) is 0 Å². The van der Waals surface area contributed by atoms with Gasteiger partial charge in [-0.2, -0.15) is 0 Å². The van der Waals surface area contributed by atoms with E-state index in [9.17, 15) is 0 Å². The Morgan fingerprint density at radius 2 is 1.97 bits per heavy atom. The van der Waals surface area contributed by atoms with Gasteiger partial charge in [0.05, 0.1) is 45.9 Å². The molecular weight excluding hydrogens is 368 g/mol. The molecule has 2 fully saturated rings. The van der Waals surface area contributed by atoms with Crippen LogP contribution in [0, 0.1) is 5.92 Å². The van der Waals surface area contributed by atoms with Gasteiger partial charge in [-0.3, -0.25) is 0 Å². The molecule has 0 aliphatic carbocycles. The highest BCUT2D eigenvalue weighted by molar-refractivity contribution is 5.49. The van der Waals surface area contributed by atoms with Crippen LogP contribution >= 0.6 is 0 Å². The first kappa shape index (κ1) is 20.1. The predicted molar refractivity (Wildman–Crippen MR) is 110 cm³/mol. The summed E-state index contributed by atoms with van der Waals surface area (Å²) in [5.41, 5.74) is 1.26. The maximum absolute atomic E-state index is 5.81. The Bertz CT molecular complexity index is 764. The molecule has 3 heterocycles. The van der Waals surface area contributed by atoms with Crippen molar-refractivity contribution >= 4 is 5.69 Å². The third kappa shape index (κ3) is 4.53. The SMILES string of the molecule is COc1ccc(N2CC[NH+]([C@@H](c3nnnn3C[C@H]3CCCO3)C(C)C)CC2)cc1. The standard InChI is InChI=1S/C21H32N6O2/c1-16(2)20(21-22-23-24-27(21)15-19-5-4-14-29-19)26-12-10-25(11-13-26)17-6-8-18(28-3)9-7-17/h6-9,16,19-20H,4-5,10-15H2,1-3H3/p+1/t19-,20-/m1/s1. The number of anilines is 1. The smallest absolute Gasteiger partial charge is 0.209 e. The Kier molecular flexibility index (Phi) is 6.30. The van der Waals surface area contributed by atoms with E-state index in [1.807, 2.05) is 16.8 Å². The molecular formula is C21H33N6O2+. The van der Waals surface area contributed by atoms with Crippen molar-refractivity contribution in [1.29, 1.82) is 0 Å². The number of hydrogen-bond donors (Lipinski definition) is 1. The van der Waals surface area contributed by atoms with Crippen molar-refractivity contribution in [1.82, 2.24) is 20.2 Å². The molecule has 8 heteroatoms. The fourth-order valence-electron chi connectivity index (χ4n) is 4.65. The van der Waals surface area contributed by atoms with Gasteiger partial charge in [0, 0.05) is 18.2 Å². The maximum Gasteiger partial charge on any atom is 0.209 e. The van der Waals surface area contributed by atoms with Crippen LogP contribution in [0.4, 0.5) is 5.69 Å². The molecule has 2 saturated heterocycles. The van der Waals surface area contributed by atoms with Crippen LogP contribution in [-0.2, 0) is 11.3 Å². The lowest BCUT2D eigenvalue weighted by molar-refractivity contribution is -0.937. The second kappa shape index (κ2) is 9.09. The molecule has 1 N–H and O–H groups in total. The highest BCUT2D eigenvalue weighted by Crippen LogP contribution is 2.21. The number of rotatable bonds is 7. The zero-order valence-electron chi connectivity index (χ0n) is 17.8. The minimum absolute atomic E-state index is 0.243. The zero-order chi connectivity index (χ0) is 20.2. The van der Waals surface area contributed by atoms with Gasteiger partial charge in [-0.15, -0.1) is 5.10 Å². The van der Waals surface area contributed by atoms with E-state index in [4.69, 9.17) is 9.47 Å².